The fourth-order valence-electron chi connectivity index (χ4n) is 5.66. The van der Waals surface area contributed by atoms with E-state index >= 15 is 0 Å². The van der Waals surface area contributed by atoms with Gasteiger partial charge in [-0.1, -0.05) is 35.9 Å². The summed E-state index contributed by atoms with van der Waals surface area (Å²) in [6.45, 7) is 4.88. The fraction of sp³-hybridized carbons (Fsp3) is 0.375. The number of aryl methyl sites for hydroxylation is 1. The largest absolute Gasteiger partial charge is 0.492 e. The molecule has 1 fully saturated rings. The Morgan fingerprint density at radius 1 is 1.03 bits per heavy atom. The van der Waals surface area contributed by atoms with Crippen LogP contribution in [0.5, 0.6) is 11.5 Å². The number of likely N-dealkylation sites (tertiary alicyclic amines) is 1. The highest BCUT2D eigenvalue weighted by Gasteiger charge is 2.24. The zero-order valence-electron chi connectivity index (χ0n) is 22.0. The molecule has 200 valence electrons. The molecule has 0 radical (unpaired) electrons. The van der Waals surface area contributed by atoms with Crippen molar-refractivity contribution >= 4 is 28.4 Å². The normalized spacial score (nSPS) is 17.8. The van der Waals surface area contributed by atoms with E-state index in [1.807, 2.05) is 25.1 Å². The van der Waals surface area contributed by atoms with E-state index in [2.05, 4.69) is 47.4 Å². The average molecular weight is 535 g/mol. The number of rotatable bonds is 9. The summed E-state index contributed by atoms with van der Waals surface area (Å²) in [7, 11) is 0. The molecule has 6 heteroatoms. The summed E-state index contributed by atoms with van der Waals surface area (Å²) in [5.41, 5.74) is 14.2. The maximum Gasteiger partial charge on any atom is 0.137 e. The molecule has 1 saturated heterocycles. The number of nitrogens with zero attached hydrogens (tertiary/aromatic N) is 1. The van der Waals surface area contributed by atoms with Gasteiger partial charge in [-0.3, -0.25) is 9.29 Å². The van der Waals surface area contributed by atoms with Gasteiger partial charge in [-0.15, -0.1) is 0 Å². The zero-order chi connectivity index (χ0) is 26.5. The molecule has 1 aliphatic carbocycles. The maximum absolute atomic E-state index is 12.5. The summed E-state index contributed by atoms with van der Waals surface area (Å²) in [6.07, 6.45) is 4.63. The van der Waals surface area contributed by atoms with Gasteiger partial charge in [0, 0.05) is 25.3 Å². The molecule has 1 aliphatic heterocycles. The predicted octanol–water partition coefficient (Wildman–Crippen LogP) is 7.43. The Bertz CT molecular complexity index is 1290. The minimum atomic E-state index is -0.264. The molecule has 1 atom stereocenters. The van der Waals surface area contributed by atoms with Gasteiger partial charge < -0.3 is 15.2 Å². The van der Waals surface area contributed by atoms with Crippen LogP contribution in [-0.4, -0.2) is 43.9 Å². The van der Waals surface area contributed by atoms with Gasteiger partial charge in [0.2, 0.25) is 0 Å². The molecule has 2 N–H and O–H groups in total. The molecule has 0 bridgehead atoms. The molecule has 1 heterocycles. The van der Waals surface area contributed by atoms with Crippen LogP contribution < -0.4 is 15.2 Å². The molecule has 5 rings (SSSR count). The lowest BCUT2D eigenvalue weighted by Crippen LogP contribution is -2.26. The van der Waals surface area contributed by atoms with E-state index in [0.29, 0.717) is 23.8 Å². The Balaban J connectivity index is 1.48. The van der Waals surface area contributed by atoms with Crippen molar-refractivity contribution in [3.05, 3.63) is 87.9 Å². The number of benzene rings is 3. The van der Waals surface area contributed by atoms with Gasteiger partial charge in [-0.2, -0.15) is 0 Å². The van der Waals surface area contributed by atoms with Gasteiger partial charge in [-0.05, 0) is 109 Å². The molecule has 4 nitrogen and oxygen atoms in total. The molecule has 0 amide bonds. The van der Waals surface area contributed by atoms with Crippen molar-refractivity contribution in [2.24, 2.45) is 0 Å². The van der Waals surface area contributed by atoms with E-state index in [1.54, 1.807) is 0 Å². The number of allylic oxidation sites excluding steroid dienone is 1. The third kappa shape index (κ3) is 6.00. The van der Waals surface area contributed by atoms with Gasteiger partial charge in [0.15, 0.2) is 0 Å². The first-order valence-electron chi connectivity index (χ1n) is 13.7. The number of alkyl halides is 1. The van der Waals surface area contributed by atoms with Crippen LogP contribution in [0.3, 0.4) is 0 Å². The predicted molar refractivity (Wildman–Crippen MR) is 155 cm³/mol. The van der Waals surface area contributed by atoms with E-state index in [-0.39, 0.29) is 12.8 Å². The van der Waals surface area contributed by atoms with Crippen molar-refractivity contribution in [2.75, 3.05) is 38.6 Å². The number of nitrogen functional groups attached to an aromatic ring is 1. The van der Waals surface area contributed by atoms with Crippen molar-refractivity contribution in [3.8, 4) is 11.5 Å². The highest BCUT2D eigenvalue weighted by atomic mass is 35.5. The molecule has 0 unspecified atom stereocenters. The molecule has 38 heavy (non-hydrogen) atoms. The van der Waals surface area contributed by atoms with E-state index in [0.717, 1.165) is 67.9 Å². The summed E-state index contributed by atoms with van der Waals surface area (Å²) < 4.78 is 24.5. The van der Waals surface area contributed by atoms with Crippen molar-refractivity contribution in [1.29, 1.82) is 0 Å². The van der Waals surface area contributed by atoms with Crippen molar-refractivity contribution in [2.45, 2.75) is 45.1 Å². The Labute approximate surface area is 230 Å². The number of halogens is 2. The van der Waals surface area contributed by atoms with Crippen LogP contribution in [0, 0.1) is 0 Å². The number of hydrogen-bond acceptors (Lipinski definition) is 4. The standard InChI is InChI=1S/C32H36ClFN2O2/c1-2-37-31-14-9-24(20-30(31)33)28-6-3-5-23-19-25(35)10-13-29(23)32(28)22-7-11-26(12-8-22)38-27-15-18-36(21-27)17-4-16-34/h7-14,19-20,27H,2-6,15-18,21,35H2,1H3/t27-/m0/s1. The van der Waals surface area contributed by atoms with E-state index in [9.17, 15) is 4.39 Å². The van der Waals surface area contributed by atoms with E-state index in [4.69, 9.17) is 26.8 Å². The van der Waals surface area contributed by atoms with Crippen LogP contribution in [0.1, 0.15) is 54.9 Å². The van der Waals surface area contributed by atoms with Crippen molar-refractivity contribution in [1.82, 2.24) is 4.90 Å². The monoisotopic (exact) mass is 534 g/mol. The summed E-state index contributed by atoms with van der Waals surface area (Å²) in [5.74, 6) is 1.57. The lowest BCUT2D eigenvalue weighted by molar-refractivity contribution is 0.198. The Morgan fingerprint density at radius 2 is 1.84 bits per heavy atom. The second kappa shape index (κ2) is 12.2. The van der Waals surface area contributed by atoms with E-state index < -0.39 is 0 Å². The van der Waals surface area contributed by atoms with Crippen molar-refractivity contribution in [3.63, 3.8) is 0 Å². The van der Waals surface area contributed by atoms with Crippen LogP contribution in [-0.2, 0) is 6.42 Å². The smallest absolute Gasteiger partial charge is 0.137 e. The number of hydrogen-bond donors (Lipinski definition) is 1. The Hall–Kier alpha value is -3.02. The second-order valence-corrected chi connectivity index (χ2v) is 10.5. The van der Waals surface area contributed by atoms with Crippen LogP contribution >= 0.6 is 11.6 Å². The van der Waals surface area contributed by atoms with Crippen LogP contribution in [0.25, 0.3) is 11.1 Å². The van der Waals surface area contributed by atoms with Crippen molar-refractivity contribution < 1.29 is 13.9 Å². The minimum Gasteiger partial charge on any atom is -0.492 e. The zero-order valence-corrected chi connectivity index (χ0v) is 22.8. The summed E-state index contributed by atoms with van der Waals surface area (Å²) in [4.78, 5) is 2.28. The Kier molecular flexibility index (Phi) is 8.55. The number of fused-ring (bicyclic) bond motifs is 1. The fourth-order valence-corrected chi connectivity index (χ4v) is 5.89. The first kappa shape index (κ1) is 26.6. The van der Waals surface area contributed by atoms with Gasteiger partial charge in [-0.25, -0.2) is 0 Å². The summed E-state index contributed by atoms with van der Waals surface area (Å²) >= 11 is 6.62. The first-order valence-corrected chi connectivity index (χ1v) is 14.0. The summed E-state index contributed by atoms with van der Waals surface area (Å²) in [6, 6.07) is 20.8. The van der Waals surface area contributed by atoms with Crippen LogP contribution in [0.15, 0.2) is 60.7 Å². The third-order valence-electron chi connectivity index (χ3n) is 7.44. The molecule has 0 aromatic heterocycles. The Morgan fingerprint density at radius 3 is 2.61 bits per heavy atom. The number of ether oxygens (including phenoxy) is 2. The molecular weight excluding hydrogens is 499 g/mol. The number of nitrogens with two attached hydrogens (primary N) is 1. The van der Waals surface area contributed by atoms with Gasteiger partial charge in [0.1, 0.15) is 17.6 Å². The minimum absolute atomic E-state index is 0.141. The SMILES string of the molecule is CCOc1ccc(C2=C(c3ccc(O[C@H]4CCN(CCCF)C4)cc3)c3ccc(N)cc3CCC2)cc1Cl. The molecule has 3 aromatic rings. The maximum atomic E-state index is 12.5. The topological polar surface area (TPSA) is 47.7 Å². The molecule has 2 aliphatic rings. The quantitative estimate of drug-likeness (QED) is 0.290. The molecular formula is C32H36ClFN2O2. The first-order chi connectivity index (χ1) is 18.6. The summed E-state index contributed by atoms with van der Waals surface area (Å²) in [5, 5.41) is 0.624. The third-order valence-corrected chi connectivity index (χ3v) is 7.73. The molecule has 3 aromatic carbocycles. The lowest BCUT2D eigenvalue weighted by Gasteiger charge is -2.19. The molecule has 0 saturated carbocycles. The van der Waals surface area contributed by atoms with Gasteiger partial charge >= 0.3 is 0 Å². The van der Waals surface area contributed by atoms with Gasteiger partial charge in [0.25, 0.3) is 0 Å². The van der Waals surface area contributed by atoms with E-state index in [1.165, 1.54) is 22.3 Å². The second-order valence-electron chi connectivity index (χ2n) is 10.1. The van der Waals surface area contributed by atoms with Crippen LogP contribution in [0.2, 0.25) is 5.02 Å². The van der Waals surface area contributed by atoms with Gasteiger partial charge in [0.05, 0.1) is 18.3 Å². The lowest BCUT2D eigenvalue weighted by atomic mass is 9.87. The average Bonchev–Trinajstić information content (AvgIpc) is 3.28. The highest BCUT2D eigenvalue weighted by molar-refractivity contribution is 6.32. The highest BCUT2D eigenvalue weighted by Crippen LogP contribution is 2.42. The van der Waals surface area contributed by atoms with Crippen LogP contribution in [0.4, 0.5) is 10.1 Å². The number of anilines is 1. The molecule has 0 spiro atoms.